The van der Waals surface area contributed by atoms with Gasteiger partial charge in [0.2, 0.25) is 5.91 Å². The number of nitrogens with one attached hydrogen (secondary N) is 2. The number of amides is 1. The third-order valence-electron chi connectivity index (χ3n) is 4.52. The maximum absolute atomic E-state index is 12.3. The number of carbonyl (C=O) groups is 1. The second kappa shape index (κ2) is 9.73. The minimum Gasteiger partial charge on any atom is -0.350 e. The van der Waals surface area contributed by atoms with Gasteiger partial charge in [0, 0.05) is 6.42 Å². The van der Waals surface area contributed by atoms with E-state index >= 15 is 0 Å². The molecule has 1 fully saturated rings. The summed E-state index contributed by atoms with van der Waals surface area (Å²) < 4.78 is 0. The second-order valence-corrected chi connectivity index (χ2v) is 6.99. The normalized spacial score (nSPS) is 17.9. The highest BCUT2D eigenvalue weighted by atomic mass is 35.5. The van der Waals surface area contributed by atoms with Crippen molar-refractivity contribution >= 4 is 41.5 Å². The van der Waals surface area contributed by atoms with E-state index in [1.165, 1.54) is 0 Å². The molecule has 0 aromatic heterocycles. The Balaban J connectivity index is 0.00000264. The van der Waals surface area contributed by atoms with Crippen molar-refractivity contribution in [3.63, 3.8) is 0 Å². The standard InChI is InChI=1S/C17H24Cl2N2O.ClH/c1-11(13-6-8-20-9-7-13)10-16(22)21-12(2)14-4-3-5-15(18)17(14)19;/h3-5,11-13,20H,6-10H2,1-2H3,(H,21,22);1H. The van der Waals surface area contributed by atoms with Crippen molar-refractivity contribution in [3.8, 4) is 0 Å². The van der Waals surface area contributed by atoms with Gasteiger partial charge >= 0.3 is 0 Å². The SMILES string of the molecule is CC(NC(=O)CC(C)C1CCNCC1)c1cccc(Cl)c1Cl.Cl. The molecule has 1 aromatic carbocycles. The van der Waals surface area contributed by atoms with Crippen molar-refractivity contribution in [3.05, 3.63) is 33.8 Å². The molecule has 0 saturated carbocycles. The zero-order chi connectivity index (χ0) is 16.1. The molecular weight excluding hydrogens is 355 g/mol. The molecule has 0 spiro atoms. The molecule has 1 heterocycles. The number of piperidine rings is 1. The van der Waals surface area contributed by atoms with Crippen molar-refractivity contribution in [1.82, 2.24) is 10.6 Å². The van der Waals surface area contributed by atoms with Gasteiger partial charge in [-0.15, -0.1) is 12.4 Å². The number of hydrogen-bond acceptors (Lipinski definition) is 2. The third-order valence-corrected chi connectivity index (χ3v) is 5.35. The van der Waals surface area contributed by atoms with Crippen molar-refractivity contribution in [2.24, 2.45) is 11.8 Å². The minimum atomic E-state index is -0.140. The Labute approximate surface area is 154 Å². The van der Waals surface area contributed by atoms with Crippen molar-refractivity contribution in [2.75, 3.05) is 13.1 Å². The smallest absolute Gasteiger partial charge is 0.220 e. The second-order valence-electron chi connectivity index (χ2n) is 6.20. The first kappa shape index (κ1) is 20.6. The van der Waals surface area contributed by atoms with Gasteiger partial charge in [-0.25, -0.2) is 0 Å². The Bertz CT molecular complexity index is 519. The van der Waals surface area contributed by atoms with Crippen LogP contribution in [0.25, 0.3) is 0 Å². The van der Waals surface area contributed by atoms with E-state index in [0.717, 1.165) is 31.5 Å². The van der Waals surface area contributed by atoms with Gasteiger partial charge in [-0.05, 0) is 56.3 Å². The number of halogens is 3. The summed E-state index contributed by atoms with van der Waals surface area (Å²) >= 11 is 12.2. The van der Waals surface area contributed by atoms with Crippen molar-refractivity contribution < 1.29 is 4.79 Å². The fraction of sp³-hybridized carbons (Fsp3) is 0.588. The first-order valence-electron chi connectivity index (χ1n) is 7.93. The quantitative estimate of drug-likeness (QED) is 0.784. The van der Waals surface area contributed by atoms with Gasteiger partial charge in [0.15, 0.2) is 0 Å². The lowest BCUT2D eigenvalue weighted by molar-refractivity contribution is -0.123. The predicted molar refractivity (Wildman–Crippen MR) is 99.6 cm³/mol. The summed E-state index contributed by atoms with van der Waals surface area (Å²) in [7, 11) is 0. The molecule has 3 nitrogen and oxygen atoms in total. The highest BCUT2D eigenvalue weighted by molar-refractivity contribution is 6.42. The fourth-order valence-electron chi connectivity index (χ4n) is 3.11. The molecule has 2 rings (SSSR count). The average Bonchev–Trinajstić information content (AvgIpc) is 2.50. The summed E-state index contributed by atoms with van der Waals surface area (Å²) in [6.45, 7) is 6.23. The highest BCUT2D eigenvalue weighted by Crippen LogP contribution is 2.30. The van der Waals surface area contributed by atoms with Crippen LogP contribution in [0.15, 0.2) is 18.2 Å². The Morgan fingerprint density at radius 3 is 2.61 bits per heavy atom. The van der Waals surface area contributed by atoms with Crippen LogP contribution in [0, 0.1) is 11.8 Å². The van der Waals surface area contributed by atoms with Gasteiger partial charge in [-0.3, -0.25) is 4.79 Å². The van der Waals surface area contributed by atoms with E-state index in [1.54, 1.807) is 6.07 Å². The van der Waals surface area contributed by atoms with E-state index in [9.17, 15) is 4.79 Å². The number of benzene rings is 1. The van der Waals surface area contributed by atoms with Crippen molar-refractivity contribution in [1.29, 1.82) is 0 Å². The molecule has 1 aliphatic heterocycles. The summed E-state index contributed by atoms with van der Waals surface area (Å²) in [5, 5.41) is 7.43. The topological polar surface area (TPSA) is 41.1 Å². The van der Waals surface area contributed by atoms with Gasteiger partial charge < -0.3 is 10.6 Å². The molecule has 2 unspecified atom stereocenters. The van der Waals surface area contributed by atoms with Crippen LogP contribution in [-0.2, 0) is 4.79 Å². The van der Waals surface area contributed by atoms with E-state index in [1.807, 2.05) is 19.1 Å². The van der Waals surface area contributed by atoms with Gasteiger partial charge in [0.05, 0.1) is 16.1 Å². The fourth-order valence-corrected chi connectivity index (χ4v) is 3.58. The van der Waals surface area contributed by atoms with Crippen LogP contribution in [0.2, 0.25) is 10.0 Å². The monoisotopic (exact) mass is 378 g/mol. The van der Waals surface area contributed by atoms with E-state index in [-0.39, 0.29) is 24.4 Å². The molecule has 2 atom stereocenters. The lowest BCUT2D eigenvalue weighted by atomic mass is 9.84. The lowest BCUT2D eigenvalue weighted by Crippen LogP contribution is -2.34. The molecule has 1 aliphatic rings. The van der Waals surface area contributed by atoms with E-state index < -0.39 is 0 Å². The number of hydrogen-bond donors (Lipinski definition) is 2. The molecule has 1 saturated heterocycles. The molecule has 1 amide bonds. The summed E-state index contributed by atoms with van der Waals surface area (Å²) in [5.41, 5.74) is 0.858. The van der Waals surface area contributed by atoms with Gasteiger partial charge in [0.25, 0.3) is 0 Å². The first-order chi connectivity index (χ1) is 10.5. The Morgan fingerprint density at radius 1 is 1.30 bits per heavy atom. The molecule has 6 heteroatoms. The van der Waals surface area contributed by atoms with E-state index in [4.69, 9.17) is 23.2 Å². The van der Waals surface area contributed by atoms with E-state index in [0.29, 0.717) is 28.3 Å². The van der Waals surface area contributed by atoms with Gasteiger partial charge in [0.1, 0.15) is 0 Å². The zero-order valence-electron chi connectivity index (χ0n) is 13.6. The molecule has 23 heavy (non-hydrogen) atoms. The highest BCUT2D eigenvalue weighted by Gasteiger charge is 2.23. The van der Waals surface area contributed by atoms with Gasteiger partial charge in [-0.2, -0.15) is 0 Å². The average molecular weight is 380 g/mol. The Morgan fingerprint density at radius 2 is 1.96 bits per heavy atom. The Hall–Kier alpha value is -0.480. The van der Waals surface area contributed by atoms with Gasteiger partial charge in [-0.1, -0.05) is 42.3 Å². The maximum atomic E-state index is 12.3. The van der Waals surface area contributed by atoms with Crippen LogP contribution >= 0.6 is 35.6 Å². The van der Waals surface area contributed by atoms with Crippen LogP contribution < -0.4 is 10.6 Å². The summed E-state index contributed by atoms with van der Waals surface area (Å²) in [4.78, 5) is 12.3. The molecule has 1 aromatic rings. The molecule has 2 N–H and O–H groups in total. The summed E-state index contributed by atoms with van der Waals surface area (Å²) in [5.74, 6) is 1.12. The zero-order valence-corrected chi connectivity index (χ0v) is 15.9. The lowest BCUT2D eigenvalue weighted by Gasteiger charge is -2.28. The van der Waals surface area contributed by atoms with Crippen LogP contribution in [0.5, 0.6) is 0 Å². The summed E-state index contributed by atoms with van der Waals surface area (Å²) in [6, 6.07) is 5.36. The molecule has 0 bridgehead atoms. The molecule has 130 valence electrons. The summed E-state index contributed by atoms with van der Waals surface area (Å²) in [6.07, 6.45) is 2.88. The minimum absolute atomic E-state index is 0. The van der Waals surface area contributed by atoms with Crippen LogP contribution in [0.1, 0.15) is 44.7 Å². The molecule has 0 radical (unpaired) electrons. The molecule has 0 aliphatic carbocycles. The Kier molecular flexibility index (Phi) is 8.70. The molecular formula is C17H25Cl3N2O. The number of rotatable bonds is 5. The van der Waals surface area contributed by atoms with E-state index in [2.05, 4.69) is 17.6 Å². The third kappa shape index (κ3) is 5.82. The predicted octanol–water partition coefficient (Wildman–Crippen LogP) is 4.62. The first-order valence-corrected chi connectivity index (χ1v) is 8.68. The maximum Gasteiger partial charge on any atom is 0.220 e. The number of carbonyl (C=O) groups excluding carboxylic acids is 1. The largest absolute Gasteiger partial charge is 0.350 e. The van der Waals surface area contributed by atoms with Crippen molar-refractivity contribution in [2.45, 2.75) is 39.2 Å². The van der Waals surface area contributed by atoms with Crippen LogP contribution in [0.4, 0.5) is 0 Å². The van der Waals surface area contributed by atoms with Crippen LogP contribution in [0.3, 0.4) is 0 Å². The van der Waals surface area contributed by atoms with Crippen LogP contribution in [-0.4, -0.2) is 19.0 Å².